The normalized spacial score (nSPS) is 10.7. The van der Waals surface area contributed by atoms with Gasteiger partial charge in [-0.05, 0) is 37.1 Å². The molecule has 0 saturated carbocycles. The summed E-state index contributed by atoms with van der Waals surface area (Å²) in [4.78, 5) is 11.6. The van der Waals surface area contributed by atoms with Gasteiger partial charge in [-0.3, -0.25) is 4.79 Å². The van der Waals surface area contributed by atoms with E-state index in [1.165, 1.54) is 12.1 Å². The Labute approximate surface area is 114 Å². The van der Waals surface area contributed by atoms with Crippen molar-refractivity contribution in [3.63, 3.8) is 0 Å². The van der Waals surface area contributed by atoms with Gasteiger partial charge in [0.15, 0.2) is 0 Å². The van der Waals surface area contributed by atoms with Gasteiger partial charge in [0.2, 0.25) is 0 Å². The molecule has 0 atom stereocenters. The second kappa shape index (κ2) is 7.38. The van der Waals surface area contributed by atoms with Crippen LogP contribution in [0.4, 0.5) is 13.2 Å². The minimum atomic E-state index is -4.75. The first-order chi connectivity index (χ1) is 9.42. The number of hydrogen-bond acceptors (Lipinski definition) is 3. The van der Waals surface area contributed by atoms with Crippen molar-refractivity contribution < 1.29 is 22.7 Å². The molecule has 108 valence electrons. The molecule has 0 bridgehead atoms. The minimum absolute atomic E-state index is 0.250. The summed E-state index contributed by atoms with van der Waals surface area (Å²) in [6, 6.07) is 6.67. The Balaban J connectivity index is 2.44. The van der Waals surface area contributed by atoms with Crippen LogP contribution in [0.15, 0.2) is 24.3 Å². The summed E-state index contributed by atoms with van der Waals surface area (Å²) in [6.07, 6.45) is -2.95. The minimum Gasteiger partial charge on any atom is -0.406 e. The lowest BCUT2D eigenvalue weighted by atomic mass is 10.2. The molecule has 1 aromatic carbocycles. The summed E-state index contributed by atoms with van der Waals surface area (Å²) in [5.41, 5.74) is 0.250. The largest absolute Gasteiger partial charge is 0.573 e. The highest BCUT2D eigenvalue weighted by molar-refractivity contribution is 5.94. The summed E-state index contributed by atoms with van der Waals surface area (Å²) in [7, 11) is 0. The summed E-state index contributed by atoms with van der Waals surface area (Å²) >= 11 is 0. The second-order valence-corrected chi connectivity index (χ2v) is 3.94. The van der Waals surface area contributed by atoms with E-state index in [2.05, 4.69) is 10.1 Å². The van der Waals surface area contributed by atoms with E-state index in [9.17, 15) is 18.0 Å². The molecule has 7 heteroatoms. The van der Waals surface area contributed by atoms with Gasteiger partial charge >= 0.3 is 6.36 Å². The van der Waals surface area contributed by atoms with Gasteiger partial charge in [-0.15, -0.1) is 13.2 Å². The molecular weight excluding hydrogens is 273 g/mol. The van der Waals surface area contributed by atoms with Crippen molar-refractivity contribution >= 4 is 5.91 Å². The lowest BCUT2D eigenvalue weighted by molar-refractivity contribution is -0.274. The molecule has 1 aromatic rings. The lowest BCUT2D eigenvalue weighted by Gasteiger charge is -2.09. The molecule has 20 heavy (non-hydrogen) atoms. The molecule has 0 fully saturated rings. The number of benzene rings is 1. The van der Waals surface area contributed by atoms with E-state index >= 15 is 0 Å². The fourth-order valence-corrected chi connectivity index (χ4v) is 1.44. The number of rotatable bonds is 6. The van der Waals surface area contributed by atoms with Crippen LogP contribution in [0.5, 0.6) is 5.75 Å². The number of unbranched alkanes of at least 4 members (excludes halogenated alkanes) is 2. The van der Waals surface area contributed by atoms with Crippen molar-refractivity contribution in [3.8, 4) is 11.8 Å². The number of ether oxygens (including phenoxy) is 1. The van der Waals surface area contributed by atoms with Crippen molar-refractivity contribution in [3.05, 3.63) is 29.8 Å². The average molecular weight is 286 g/mol. The predicted octanol–water partition coefficient (Wildman–Crippen LogP) is 3.01. The van der Waals surface area contributed by atoms with E-state index in [-0.39, 0.29) is 17.2 Å². The van der Waals surface area contributed by atoms with Crippen LogP contribution in [-0.2, 0) is 0 Å². The van der Waals surface area contributed by atoms with Crippen LogP contribution in [0.25, 0.3) is 0 Å². The second-order valence-electron chi connectivity index (χ2n) is 3.94. The van der Waals surface area contributed by atoms with Crippen LogP contribution in [0.1, 0.15) is 29.6 Å². The highest BCUT2D eigenvalue weighted by Gasteiger charge is 2.31. The van der Waals surface area contributed by atoms with Crippen LogP contribution in [0.3, 0.4) is 0 Å². The van der Waals surface area contributed by atoms with Crippen LogP contribution < -0.4 is 10.1 Å². The van der Waals surface area contributed by atoms with E-state index in [0.717, 1.165) is 12.1 Å². The van der Waals surface area contributed by atoms with E-state index in [0.29, 0.717) is 25.8 Å². The fraction of sp³-hybridized carbons (Fsp3) is 0.385. The van der Waals surface area contributed by atoms with Crippen LogP contribution >= 0.6 is 0 Å². The van der Waals surface area contributed by atoms with Crippen LogP contribution in [0.2, 0.25) is 0 Å². The van der Waals surface area contributed by atoms with Crippen LogP contribution in [-0.4, -0.2) is 18.8 Å². The van der Waals surface area contributed by atoms with Gasteiger partial charge in [-0.1, -0.05) is 0 Å². The standard InChI is InChI=1S/C13H13F3N2O2/c14-13(15,16)20-11-6-4-10(5-7-11)12(19)18-9-3-1-2-8-17/h4-7H,1-3,9H2,(H,18,19). The number of halogens is 3. The first-order valence-electron chi connectivity index (χ1n) is 5.93. The Morgan fingerprint density at radius 2 is 1.90 bits per heavy atom. The highest BCUT2D eigenvalue weighted by Crippen LogP contribution is 2.22. The number of alkyl halides is 3. The van der Waals surface area contributed by atoms with E-state index in [4.69, 9.17) is 5.26 Å². The summed E-state index contributed by atoms with van der Waals surface area (Å²) < 4.78 is 39.5. The molecule has 0 aromatic heterocycles. The van der Waals surface area contributed by atoms with Crippen LogP contribution in [0, 0.1) is 11.3 Å². The monoisotopic (exact) mass is 286 g/mol. The Hall–Kier alpha value is -2.23. The molecule has 0 saturated heterocycles. The van der Waals surface area contributed by atoms with Crippen molar-refractivity contribution in [1.82, 2.24) is 5.32 Å². The smallest absolute Gasteiger partial charge is 0.406 e. The van der Waals surface area contributed by atoms with Gasteiger partial charge < -0.3 is 10.1 Å². The molecule has 0 heterocycles. The zero-order chi connectivity index (χ0) is 15.0. The summed E-state index contributed by atoms with van der Waals surface area (Å²) in [6.45, 7) is 0.418. The maximum absolute atomic E-state index is 11.9. The number of amides is 1. The SMILES string of the molecule is N#CCCCCNC(=O)c1ccc(OC(F)(F)F)cc1. The molecule has 1 amide bonds. The zero-order valence-corrected chi connectivity index (χ0v) is 10.5. The van der Waals surface area contributed by atoms with Crippen molar-refractivity contribution in [2.24, 2.45) is 0 Å². The van der Waals surface area contributed by atoms with E-state index < -0.39 is 6.36 Å². The number of nitrogens with one attached hydrogen (secondary N) is 1. The lowest BCUT2D eigenvalue weighted by Crippen LogP contribution is -2.24. The number of carbonyl (C=O) groups is 1. The maximum atomic E-state index is 11.9. The van der Waals surface area contributed by atoms with Gasteiger partial charge in [0.1, 0.15) is 5.75 Å². The third-order valence-electron chi connectivity index (χ3n) is 2.35. The van der Waals surface area contributed by atoms with Gasteiger partial charge in [0.05, 0.1) is 6.07 Å². The van der Waals surface area contributed by atoms with Crippen molar-refractivity contribution in [2.75, 3.05) is 6.54 Å². The van der Waals surface area contributed by atoms with Gasteiger partial charge in [0.25, 0.3) is 5.91 Å². The molecule has 0 radical (unpaired) electrons. The Morgan fingerprint density at radius 1 is 1.25 bits per heavy atom. The molecule has 0 aliphatic rings. The summed E-state index contributed by atoms with van der Waals surface area (Å²) in [5, 5.41) is 10.9. The topological polar surface area (TPSA) is 62.1 Å². The van der Waals surface area contributed by atoms with Gasteiger partial charge in [0, 0.05) is 18.5 Å². The van der Waals surface area contributed by atoms with Crippen molar-refractivity contribution in [2.45, 2.75) is 25.6 Å². The Kier molecular flexibility index (Phi) is 5.84. The quantitative estimate of drug-likeness (QED) is 0.818. The number of hydrogen-bond donors (Lipinski definition) is 1. The first kappa shape index (κ1) is 15.8. The molecule has 0 unspecified atom stereocenters. The first-order valence-corrected chi connectivity index (χ1v) is 5.93. The molecule has 1 rings (SSSR count). The molecule has 0 spiro atoms. The average Bonchev–Trinajstić information content (AvgIpc) is 2.37. The molecule has 1 N–H and O–H groups in total. The Morgan fingerprint density at radius 3 is 2.45 bits per heavy atom. The van der Waals surface area contributed by atoms with Gasteiger partial charge in [-0.25, -0.2) is 0 Å². The maximum Gasteiger partial charge on any atom is 0.573 e. The zero-order valence-electron chi connectivity index (χ0n) is 10.5. The highest BCUT2D eigenvalue weighted by atomic mass is 19.4. The summed E-state index contributed by atoms with van der Waals surface area (Å²) in [5.74, 6) is -0.747. The van der Waals surface area contributed by atoms with Gasteiger partial charge in [-0.2, -0.15) is 5.26 Å². The predicted molar refractivity (Wildman–Crippen MR) is 64.9 cm³/mol. The molecule has 4 nitrogen and oxygen atoms in total. The fourth-order valence-electron chi connectivity index (χ4n) is 1.44. The number of carbonyl (C=O) groups excluding carboxylic acids is 1. The van der Waals surface area contributed by atoms with E-state index in [1.807, 2.05) is 6.07 Å². The molecular formula is C13H13F3N2O2. The Bertz CT molecular complexity index is 478. The van der Waals surface area contributed by atoms with Crippen molar-refractivity contribution in [1.29, 1.82) is 5.26 Å². The number of nitriles is 1. The third kappa shape index (κ3) is 6.09. The van der Waals surface area contributed by atoms with E-state index in [1.54, 1.807) is 0 Å². The third-order valence-corrected chi connectivity index (χ3v) is 2.35. The number of nitrogens with zero attached hydrogens (tertiary/aromatic N) is 1. The molecule has 0 aliphatic heterocycles. The molecule has 0 aliphatic carbocycles.